The fraction of sp³-hybridized carbons (Fsp3) is 0.0500. The van der Waals surface area contributed by atoms with Gasteiger partial charge in [0.15, 0.2) is 5.69 Å². The fourth-order valence-corrected chi connectivity index (χ4v) is 2.99. The van der Waals surface area contributed by atoms with Crippen LogP contribution in [-0.2, 0) is 11.2 Å². The Morgan fingerprint density at radius 2 is 1.73 bits per heavy atom. The average molecular weight is 364 g/mol. The van der Waals surface area contributed by atoms with Crippen LogP contribution in [0.3, 0.4) is 0 Å². The normalized spacial score (nSPS) is 10.8. The quantitative estimate of drug-likeness (QED) is 0.569. The maximum atomic E-state index is 12.5. The van der Waals surface area contributed by atoms with Gasteiger partial charge in [0.1, 0.15) is 0 Å². The molecule has 0 spiro atoms. The van der Waals surface area contributed by atoms with Gasteiger partial charge in [-0.3, -0.25) is 4.79 Å². The molecule has 0 aliphatic carbocycles. The third-order valence-corrected chi connectivity index (χ3v) is 4.35. The standard InChI is InChI=1S/C20H14ClN3O2/c21-16-10-8-14(9-11-16)19-20(24-26-23-19)22-18(25)12-15-6-3-5-13-4-1-2-7-17(13)15/h1-11H,12H2,(H,22,24,25). The van der Waals surface area contributed by atoms with E-state index in [1.54, 1.807) is 24.3 Å². The number of aromatic nitrogens is 2. The molecule has 6 heteroatoms. The molecular formula is C20H14ClN3O2. The number of fused-ring (bicyclic) bond motifs is 1. The van der Waals surface area contributed by atoms with Crippen molar-refractivity contribution in [3.05, 3.63) is 77.3 Å². The summed E-state index contributed by atoms with van der Waals surface area (Å²) in [6, 6.07) is 21.0. The van der Waals surface area contributed by atoms with E-state index in [9.17, 15) is 4.79 Å². The summed E-state index contributed by atoms with van der Waals surface area (Å²) in [7, 11) is 0. The topological polar surface area (TPSA) is 68.0 Å². The maximum absolute atomic E-state index is 12.5. The fourth-order valence-electron chi connectivity index (χ4n) is 2.86. The van der Waals surface area contributed by atoms with Crippen molar-refractivity contribution in [1.29, 1.82) is 0 Å². The molecule has 1 amide bonds. The van der Waals surface area contributed by atoms with Crippen LogP contribution in [0, 0.1) is 0 Å². The van der Waals surface area contributed by atoms with Crippen LogP contribution in [0.25, 0.3) is 22.0 Å². The minimum Gasteiger partial charge on any atom is -0.306 e. The van der Waals surface area contributed by atoms with E-state index >= 15 is 0 Å². The van der Waals surface area contributed by atoms with Gasteiger partial charge in [0, 0.05) is 10.6 Å². The second kappa shape index (κ2) is 6.98. The highest BCUT2D eigenvalue weighted by molar-refractivity contribution is 6.30. The molecule has 1 aromatic heterocycles. The highest BCUT2D eigenvalue weighted by Crippen LogP contribution is 2.26. The smallest absolute Gasteiger partial charge is 0.230 e. The monoisotopic (exact) mass is 363 g/mol. The van der Waals surface area contributed by atoms with Gasteiger partial charge in [-0.15, -0.1) is 0 Å². The zero-order chi connectivity index (χ0) is 17.9. The Bertz CT molecular complexity index is 1070. The molecule has 0 saturated carbocycles. The molecule has 1 N–H and O–H groups in total. The molecular weight excluding hydrogens is 350 g/mol. The van der Waals surface area contributed by atoms with E-state index in [4.69, 9.17) is 16.2 Å². The summed E-state index contributed by atoms with van der Waals surface area (Å²) in [6.45, 7) is 0. The number of hydrogen-bond acceptors (Lipinski definition) is 4. The van der Waals surface area contributed by atoms with Crippen LogP contribution < -0.4 is 5.32 Å². The molecule has 0 aliphatic rings. The van der Waals surface area contributed by atoms with Gasteiger partial charge in [-0.1, -0.05) is 66.2 Å². The van der Waals surface area contributed by atoms with Crippen molar-refractivity contribution in [2.24, 2.45) is 0 Å². The van der Waals surface area contributed by atoms with Gasteiger partial charge < -0.3 is 5.32 Å². The Morgan fingerprint density at radius 3 is 2.58 bits per heavy atom. The molecule has 0 saturated heterocycles. The Labute approximate surface area is 154 Å². The van der Waals surface area contributed by atoms with Gasteiger partial charge in [0.2, 0.25) is 11.7 Å². The summed E-state index contributed by atoms with van der Waals surface area (Å²) in [5.41, 5.74) is 2.18. The lowest BCUT2D eigenvalue weighted by molar-refractivity contribution is -0.115. The molecule has 4 rings (SSSR count). The number of anilines is 1. The summed E-state index contributed by atoms with van der Waals surface area (Å²) < 4.78 is 4.80. The molecule has 5 nitrogen and oxygen atoms in total. The number of carbonyl (C=O) groups is 1. The van der Waals surface area contributed by atoms with Gasteiger partial charge in [0.25, 0.3) is 0 Å². The molecule has 0 fully saturated rings. The second-order valence-corrected chi connectivity index (χ2v) is 6.27. The molecule has 1 heterocycles. The van der Waals surface area contributed by atoms with Gasteiger partial charge in [0.05, 0.1) is 6.42 Å². The van der Waals surface area contributed by atoms with Gasteiger partial charge in [-0.25, -0.2) is 4.63 Å². The predicted octanol–water partition coefficient (Wildman–Crippen LogP) is 4.72. The Morgan fingerprint density at radius 1 is 0.962 bits per heavy atom. The lowest BCUT2D eigenvalue weighted by Gasteiger charge is -2.07. The number of amides is 1. The van der Waals surface area contributed by atoms with Crippen LogP contribution in [0.5, 0.6) is 0 Å². The van der Waals surface area contributed by atoms with Gasteiger partial charge in [-0.2, -0.15) is 0 Å². The van der Waals surface area contributed by atoms with Crippen LogP contribution in [0.15, 0.2) is 71.4 Å². The van der Waals surface area contributed by atoms with Gasteiger partial charge >= 0.3 is 0 Å². The molecule has 0 unspecified atom stereocenters. The van der Waals surface area contributed by atoms with Crippen LogP contribution in [-0.4, -0.2) is 16.2 Å². The summed E-state index contributed by atoms with van der Waals surface area (Å²) >= 11 is 5.91. The van der Waals surface area contributed by atoms with Crippen LogP contribution >= 0.6 is 11.6 Å². The van der Waals surface area contributed by atoms with Crippen molar-refractivity contribution in [3.8, 4) is 11.3 Å². The largest absolute Gasteiger partial charge is 0.306 e. The molecule has 0 radical (unpaired) electrons. The number of rotatable bonds is 4. The van der Waals surface area contributed by atoms with E-state index in [1.807, 2.05) is 42.5 Å². The third kappa shape index (κ3) is 3.30. The molecule has 4 aromatic rings. The van der Waals surface area contributed by atoms with Gasteiger partial charge in [-0.05, 0) is 38.8 Å². The van der Waals surface area contributed by atoms with Crippen molar-refractivity contribution in [1.82, 2.24) is 10.3 Å². The molecule has 0 bridgehead atoms. The van der Waals surface area contributed by atoms with E-state index in [0.29, 0.717) is 10.7 Å². The number of carbonyl (C=O) groups excluding carboxylic acids is 1. The van der Waals surface area contributed by atoms with Crippen molar-refractivity contribution >= 4 is 34.1 Å². The van der Waals surface area contributed by atoms with Crippen molar-refractivity contribution < 1.29 is 9.42 Å². The van der Waals surface area contributed by atoms with E-state index < -0.39 is 0 Å². The molecule has 0 aliphatic heterocycles. The third-order valence-electron chi connectivity index (χ3n) is 4.09. The first kappa shape index (κ1) is 16.3. The number of hydrogen-bond donors (Lipinski definition) is 1. The van der Waals surface area contributed by atoms with Crippen LogP contribution in [0.4, 0.5) is 5.82 Å². The number of nitrogens with one attached hydrogen (secondary N) is 1. The summed E-state index contributed by atoms with van der Waals surface area (Å²) in [5.74, 6) is 0.102. The number of benzene rings is 3. The first-order valence-electron chi connectivity index (χ1n) is 8.06. The predicted molar refractivity (Wildman–Crippen MR) is 101 cm³/mol. The highest BCUT2D eigenvalue weighted by Gasteiger charge is 2.16. The second-order valence-electron chi connectivity index (χ2n) is 5.83. The summed E-state index contributed by atoms with van der Waals surface area (Å²) in [6.07, 6.45) is 0.230. The summed E-state index contributed by atoms with van der Waals surface area (Å²) in [4.78, 5) is 12.5. The van der Waals surface area contributed by atoms with Crippen LogP contribution in [0.2, 0.25) is 5.02 Å². The summed E-state index contributed by atoms with van der Waals surface area (Å²) in [5, 5.41) is 13.2. The average Bonchev–Trinajstić information content (AvgIpc) is 3.10. The Balaban J connectivity index is 1.56. The van der Waals surface area contributed by atoms with E-state index in [1.165, 1.54) is 0 Å². The molecule has 0 atom stereocenters. The first-order chi connectivity index (χ1) is 12.7. The van der Waals surface area contributed by atoms with Crippen molar-refractivity contribution in [2.45, 2.75) is 6.42 Å². The van der Waals surface area contributed by atoms with Crippen LogP contribution in [0.1, 0.15) is 5.56 Å². The lowest BCUT2D eigenvalue weighted by Crippen LogP contribution is -2.15. The SMILES string of the molecule is O=C(Cc1cccc2ccccc12)Nc1nonc1-c1ccc(Cl)cc1. The Hall–Kier alpha value is -3.18. The molecule has 26 heavy (non-hydrogen) atoms. The lowest BCUT2D eigenvalue weighted by atomic mass is 10.0. The number of halogens is 1. The Kier molecular flexibility index (Phi) is 4.37. The van der Waals surface area contributed by atoms with Crippen molar-refractivity contribution in [2.75, 3.05) is 5.32 Å². The minimum atomic E-state index is -0.188. The highest BCUT2D eigenvalue weighted by atomic mass is 35.5. The van der Waals surface area contributed by atoms with E-state index in [-0.39, 0.29) is 18.1 Å². The van der Waals surface area contributed by atoms with Crippen molar-refractivity contribution in [3.63, 3.8) is 0 Å². The van der Waals surface area contributed by atoms with E-state index in [2.05, 4.69) is 15.6 Å². The zero-order valence-corrected chi connectivity index (χ0v) is 14.4. The molecule has 3 aromatic carbocycles. The van der Waals surface area contributed by atoms with E-state index in [0.717, 1.165) is 21.9 Å². The number of nitrogens with zero attached hydrogens (tertiary/aromatic N) is 2. The first-order valence-corrected chi connectivity index (χ1v) is 8.43. The minimum absolute atomic E-state index is 0.188. The zero-order valence-electron chi connectivity index (χ0n) is 13.6. The molecule has 128 valence electrons. The maximum Gasteiger partial charge on any atom is 0.230 e.